The summed E-state index contributed by atoms with van der Waals surface area (Å²) in [7, 11) is 0. The molecule has 1 aliphatic heterocycles. The molecule has 1 saturated heterocycles. The van der Waals surface area contributed by atoms with Gasteiger partial charge in [0.05, 0.1) is 23.2 Å². The molecule has 1 N–H and O–H groups in total. The van der Waals surface area contributed by atoms with Crippen LogP contribution < -0.4 is 0 Å². The van der Waals surface area contributed by atoms with E-state index < -0.39 is 5.79 Å². The molecule has 3 nitrogen and oxygen atoms in total. The third-order valence-electron chi connectivity index (χ3n) is 3.05. The summed E-state index contributed by atoms with van der Waals surface area (Å²) in [5, 5.41) is 11.6. The van der Waals surface area contributed by atoms with E-state index in [1.807, 2.05) is 6.92 Å². The second kappa shape index (κ2) is 5.53. The second-order valence-electron chi connectivity index (χ2n) is 4.25. The van der Waals surface area contributed by atoms with Crippen LogP contribution in [0.2, 0.25) is 15.1 Å². The molecule has 0 aromatic heterocycles. The quantitative estimate of drug-likeness (QED) is 0.852. The molecule has 1 aliphatic rings. The van der Waals surface area contributed by atoms with Crippen LogP contribution >= 0.6 is 34.8 Å². The highest BCUT2D eigenvalue weighted by molar-refractivity contribution is 6.43. The van der Waals surface area contributed by atoms with Crippen LogP contribution in [0.5, 0.6) is 0 Å². The number of ether oxygens (including phenoxy) is 1. The highest BCUT2D eigenvalue weighted by Gasteiger charge is 2.38. The Kier molecular flexibility index (Phi) is 4.42. The van der Waals surface area contributed by atoms with Gasteiger partial charge in [0.25, 0.3) is 0 Å². The van der Waals surface area contributed by atoms with Crippen molar-refractivity contribution in [3.63, 3.8) is 0 Å². The molecule has 6 heteroatoms. The Bertz CT molecular complexity index is 455. The van der Waals surface area contributed by atoms with Crippen molar-refractivity contribution in [3.8, 4) is 0 Å². The van der Waals surface area contributed by atoms with Crippen LogP contribution in [0.3, 0.4) is 0 Å². The molecule has 1 atom stereocenters. The van der Waals surface area contributed by atoms with Gasteiger partial charge in [0.15, 0.2) is 0 Å². The molecule has 1 heterocycles. The van der Waals surface area contributed by atoms with Crippen molar-refractivity contribution in [3.05, 3.63) is 32.8 Å². The molecule has 0 radical (unpaired) electrons. The zero-order valence-corrected chi connectivity index (χ0v) is 12.2. The normalized spacial score (nSPS) is 25.4. The Morgan fingerprint density at radius 2 is 2.11 bits per heavy atom. The van der Waals surface area contributed by atoms with Crippen molar-refractivity contribution < 1.29 is 9.84 Å². The Hall–Kier alpha value is -0.0300. The smallest absolute Gasteiger partial charge is 0.207 e. The van der Waals surface area contributed by atoms with E-state index in [0.717, 1.165) is 13.1 Å². The maximum absolute atomic E-state index is 10.6. The number of benzene rings is 1. The van der Waals surface area contributed by atoms with Crippen molar-refractivity contribution >= 4 is 34.8 Å². The van der Waals surface area contributed by atoms with Gasteiger partial charge in [-0.1, -0.05) is 41.7 Å². The van der Waals surface area contributed by atoms with Gasteiger partial charge in [-0.2, -0.15) is 0 Å². The van der Waals surface area contributed by atoms with Gasteiger partial charge in [0.1, 0.15) is 0 Å². The number of nitrogens with zero attached hydrogens (tertiary/aromatic N) is 1. The summed E-state index contributed by atoms with van der Waals surface area (Å²) in [4.78, 5) is 2.08. The number of morpholine rings is 1. The number of aliphatic hydroxyl groups is 1. The fraction of sp³-hybridized carbons (Fsp3) is 0.500. The minimum atomic E-state index is -1.46. The molecule has 1 aromatic rings. The summed E-state index contributed by atoms with van der Waals surface area (Å²) < 4.78 is 5.49. The molecule has 0 aliphatic carbocycles. The topological polar surface area (TPSA) is 32.7 Å². The van der Waals surface area contributed by atoms with Gasteiger partial charge in [-0.3, -0.25) is 4.90 Å². The molecule has 1 aromatic carbocycles. The average molecular weight is 311 g/mol. The van der Waals surface area contributed by atoms with Crippen molar-refractivity contribution in [2.75, 3.05) is 26.2 Å². The van der Waals surface area contributed by atoms with E-state index in [1.165, 1.54) is 0 Å². The molecule has 0 bridgehead atoms. The van der Waals surface area contributed by atoms with E-state index in [0.29, 0.717) is 28.8 Å². The first kappa shape index (κ1) is 14.4. The predicted molar refractivity (Wildman–Crippen MR) is 73.4 cm³/mol. The third kappa shape index (κ3) is 2.77. The SMILES string of the molecule is CCN1CCOC(O)(c2cc(Cl)cc(Cl)c2Cl)C1. The Morgan fingerprint density at radius 3 is 2.78 bits per heavy atom. The predicted octanol–water partition coefficient (Wildman–Crippen LogP) is 3.14. The van der Waals surface area contributed by atoms with E-state index in [4.69, 9.17) is 39.5 Å². The number of hydrogen-bond acceptors (Lipinski definition) is 3. The van der Waals surface area contributed by atoms with Crippen LogP contribution in [0.15, 0.2) is 12.1 Å². The van der Waals surface area contributed by atoms with Gasteiger partial charge in [0, 0.05) is 17.1 Å². The van der Waals surface area contributed by atoms with Gasteiger partial charge in [0.2, 0.25) is 5.79 Å². The molecular weight excluding hydrogens is 296 g/mol. The van der Waals surface area contributed by atoms with E-state index in [-0.39, 0.29) is 5.02 Å². The zero-order chi connectivity index (χ0) is 13.3. The largest absolute Gasteiger partial charge is 0.361 e. The number of hydrogen-bond donors (Lipinski definition) is 1. The molecule has 0 spiro atoms. The third-order valence-corrected chi connectivity index (χ3v) is 4.07. The lowest BCUT2D eigenvalue weighted by Gasteiger charge is -2.39. The standard InChI is InChI=1S/C12H14Cl3NO2/c1-2-16-3-4-18-12(17,7-16)9-5-8(13)6-10(14)11(9)15/h5-6,17H,2-4,7H2,1H3. The number of rotatable bonds is 2. The number of likely N-dealkylation sites (N-methyl/N-ethyl adjacent to an activating group) is 1. The molecule has 0 amide bonds. The van der Waals surface area contributed by atoms with Gasteiger partial charge in [-0.15, -0.1) is 0 Å². The fourth-order valence-corrected chi connectivity index (χ4v) is 2.79. The van der Waals surface area contributed by atoms with Crippen LogP contribution in [0.1, 0.15) is 12.5 Å². The summed E-state index contributed by atoms with van der Waals surface area (Å²) in [5.41, 5.74) is 0.416. The van der Waals surface area contributed by atoms with Crippen LogP contribution in [-0.4, -0.2) is 36.2 Å². The highest BCUT2D eigenvalue weighted by Crippen LogP contribution is 2.38. The van der Waals surface area contributed by atoms with Crippen molar-refractivity contribution in [2.45, 2.75) is 12.7 Å². The molecule has 2 rings (SSSR count). The van der Waals surface area contributed by atoms with Crippen LogP contribution in [0, 0.1) is 0 Å². The Labute approximate surface area is 121 Å². The van der Waals surface area contributed by atoms with Gasteiger partial charge < -0.3 is 9.84 Å². The highest BCUT2D eigenvalue weighted by atomic mass is 35.5. The van der Waals surface area contributed by atoms with Crippen LogP contribution in [0.25, 0.3) is 0 Å². The lowest BCUT2D eigenvalue weighted by Crippen LogP contribution is -2.49. The molecule has 1 fully saturated rings. The molecular formula is C12H14Cl3NO2. The fourth-order valence-electron chi connectivity index (χ4n) is 2.04. The van der Waals surface area contributed by atoms with Gasteiger partial charge in [-0.25, -0.2) is 0 Å². The summed E-state index contributed by atoms with van der Waals surface area (Å²) in [6.07, 6.45) is 0. The Balaban J connectivity index is 2.40. The van der Waals surface area contributed by atoms with E-state index in [1.54, 1.807) is 12.1 Å². The molecule has 0 saturated carbocycles. The van der Waals surface area contributed by atoms with Gasteiger partial charge in [-0.05, 0) is 18.7 Å². The molecule has 100 valence electrons. The average Bonchev–Trinajstić information content (AvgIpc) is 2.33. The summed E-state index contributed by atoms with van der Waals surface area (Å²) in [5.74, 6) is -1.46. The van der Waals surface area contributed by atoms with Crippen LogP contribution in [0.4, 0.5) is 0 Å². The van der Waals surface area contributed by atoms with Crippen molar-refractivity contribution in [2.24, 2.45) is 0 Å². The zero-order valence-electron chi connectivity index (χ0n) is 9.92. The summed E-state index contributed by atoms with van der Waals surface area (Å²) >= 11 is 18.1. The minimum Gasteiger partial charge on any atom is -0.361 e. The van der Waals surface area contributed by atoms with Crippen molar-refractivity contribution in [1.29, 1.82) is 0 Å². The van der Waals surface area contributed by atoms with Crippen LogP contribution in [-0.2, 0) is 10.5 Å². The first-order valence-electron chi connectivity index (χ1n) is 5.70. The maximum Gasteiger partial charge on any atom is 0.207 e. The Morgan fingerprint density at radius 1 is 1.39 bits per heavy atom. The van der Waals surface area contributed by atoms with E-state index in [9.17, 15) is 5.11 Å². The van der Waals surface area contributed by atoms with E-state index >= 15 is 0 Å². The molecule has 1 unspecified atom stereocenters. The second-order valence-corrected chi connectivity index (χ2v) is 5.47. The van der Waals surface area contributed by atoms with E-state index in [2.05, 4.69) is 4.90 Å². The minimum absolute atomic E-state index is 0.279. The first-order chi connectivity index (χ1) is 8.46. The summed E-state index contributed by atoms with van der Waals surface area (Å²) in [6, 6.07) is 3.13. The van der Waals surface area contributed by atoms with Gasteiger partial charge >= 0.3 is 0 Å². The molecule has 18 heavy (non-hydrogen) atoms. The van der Waals surface area contributed by atoms with Crippen molar-refractivity contribution in [1.82, 2.24) is 4.90 Å². The summed E-state index contributed by atoms with van der Waals surface area (Å²) in [6.45, 7) is 4.42. The lowest BCUT2D eigenvalue weighted by molar-refractivity contribution is -0.247. The number of halogens is 3. The first-order valence-corrected chi connectivity index (χ1v) is 6.83. The maximum atomic E-state index is 10.6. The lowest BCUT2D eigenvalue weighted by atomic mass is 10.0. The number of β-amino-alcohol motifs (C(OH)–C–C–N with tert-alkyl or cyclic N) is 1. The monoisotopic (exact) mass is 309 g/mol.